The van der Waals surface area contributed by atoms with Gasteiger partial charge in [0.2, 0.25) is 5.91 Å². The van der Waals surface area contributed by atoms with Gasteiger partial charge in [0.05, 0.1) is 24.9 Å². The van der Waals surface area contributed by atoms with Gasteiger partial charge in [-0.2, -0.15) is 0 Å². The number of carbonyl (C=O) groups is 2. The highest BCUT2D eigenvalue weighted by Crippen LogP contribution is 2.32. The summed E-state index contributed by atoms with van der Waals surface area (Å²) in [4.78, 5) is 33.1. The van der Waals surface area contributed by atoms with E-state index in [2.05, 4.69) is 29.7 Å². The first-order valence-electron chi connectivity index (χ1n) is 11.9. The summed E-state index contributed by atoms with van der Waals surface area (Å²) in [6, 6.07) is 4.20. The number of likely N-dealkylation sites (tertiary alicyclic amines) is 1. The molecule has 8 heteroatoms. The van der Waals surface area contributed by atoms with Crippen LogP contribution >= 0.6 is 0 Å². The molecule has 0 N–H and O–H groups in total. The molecule has 2 aliphatic heterocycles. The molecular weight excluding hydrogens is 420 g/mol. The van der Waals surface area contributed by atoms with E-state index in [1.807, 2.05) is 25.7 Å². The number of rotatable bonds is 3. The maximum absolute atomic E-state index is 12.6. The normalized spacial score (nSPS) is 20.3. The van der Waals surface area contributed by atoms with Gasteiger partial charge in [-0.25, -0.2) is 9.78 Å². The molecule has 4 rings (SSSR count). The van der Waals surface area contributed by atoms with Crippen LogP contribution in [0.15, 0.2) is 18.3 Å². The Bertz CT molecular complexity index is 1020. The van der Waals surface area contributed by atoms with Gasteiger partial charge < -0.3 is 23.7 Å². The summed E-state index contributed by atoms with van der Waals surface area (Å²) in [6.07, 6.45) is 4.15. The van der Waals surface area contributed by atoms with E-state index >= 15 is 0 Å². The lowest BCUT2D eigenvalue weighted by Crippen LogP contribution is -2.48. The summed E-state index contributed by atoms with van der Waals surface area (Å²) < 4.78 is 13.8. The number of aromatic nitrogens is 2. The molecule has 8 nitrogen and oxygen atoms in total. The van der Waals surface area contributed by atoms with Crippen molar-refractivity contribution in [3.8, 4) is 0 Å². The minimum absolute atomic E-state index is 0.122. The summed E-state index contributed by atoms with van der Waals surface area (Å²) in [5, 5.41) is 0. The van der Waals surface area contributed by atoms with Gasteiger partial charge in [0.15, 0.2) is 0 Å². The zero-order valence-electron chi connectivity index (χ0n) is 20.5. The third kappa shape index (κ3) is 5.49. The zero-order valence-corrected chi connectivity index (χ0v) is 20.5. The predicted octanol–water partition coefficient (Wildman–Crippen LogP) is 3.55. The fourth-order valence-electron chi connectivity index (χ4n) is 4.76. The molecule has 0 unspecified atom stereocenters. The van der Waals surface area contributed by atoms with E-state index in [4.69, 9.17) is 14.5 Å². The minimum atomic E-state index is -0.522. The molecule has 0 aliphatic carbocycles. The van der Waals surface area contributed by atoms with E-state index in [1.54, 1.807) is 11.8 Å². The van der Waals surface area contributed by atoms with Crippen LogP contribution in [-0.4, -0.2) is 75.7 Å². The average Bonchev–Trinajstić information content (AvgIpc) is 3.10. The van der Waals surface area contributed by atoms with Gasteiger partial charge >= 0.3 is 6.09 Å². The van der Waals surface area contributed by atoms with Crippen molar-refractivity contribution in [1.82, 2.24) is 19.2 Å². The van der Waals surface area contributed by atoms with Crippen LogP contribution in [0.2, 0.25) is 0 Å². The Morgan fingerprint density at radius 1 is 1.18 bits per heavy atom. The Balaban J connectivity index is 1.56. The molecule has 0 radical (unpaired) electrons. The molecule has 0 saturated carbocycles. The standard InChI is InChI=1S/C25H36N4O4/c1-17-6-11-29-21(15-20-16-28(12-13-32-20)24(31)33-25(3,4)5)23(26-22(29)14-17)19-7-9-27(10-8-19)18(2)30/h6,11,14,19-20H,7-10,12-13,15-16H2,1-5H3/t20-/m0/s1. The Kier molecular flexibility index (Phi) is 6.66. The van der Waals surface area contributed by atoms with Crippen LogP contribution in [0.4, 0.5) is 4.79 Å². The summed E-state index contributed by atoms with van der Waals surface area (Å²) >= 11 is 0. The second-order valence-electron chi connectivity index (χ2n) is 10.3. The number of ether oxygens (including phenoxy) is 2. The highest BCUT2D eigenvalue weighted by atomic mass is 16.6. The maximum Gasteiger partial charge on any atom is 0.410 e. The monoisotopic (exact) mass is 456 g/mol. The van der Waals surface area contributed by atoms with Crippen molar-refractivity contribution in [2.45, 2.75) is 71.5 Å². The summed E-state index contributed by atoms with van der Waals surface area (Å²) in [5.41, 5.74) is 3.83. The fourth-order valence-corrected chi connectivity index (χ4v) is 4.76. The molecule has 0 spiro atoms. The maximum atomic E-state index is 12.6. The van der Waals surface area contributed by atoms with Gasteiger partial charge in [0, 0.05) is 50.8 Å². The van der Waals surface area contributed by atoms with Gasteiger partial charge in [0.1, 0.15) is 11.2 Å². The molecule has 2 aromatic heterocycles. The van der Waals surface area contributed by atoms with Crippen LogP contribution < -0.4 is 0 Å². The topological polar surface area (TPSA) is 76.4 Å². The number of amides is 2. The van der Waals surface area contributed by atoms with Gasteiger partial charge in [-0.1, -0.05) is 0 Å². The van der Waals surface area contributed by atoms with Crippen LogP contribution in [0.5, 0.6) is 0 Å². The Morgan fingerprint density at radius 3 is 2.58 bits per heavy atom. The van der Waals surface area contributed by atoms with Gasteiger partial charge in [-0.05, 0) is 58.2 Å². The second kappa shape index (κ2) is 9.33. The van der Waals surface area contributed by atoms with Crippen LogP contribution in [0, 0.1) is 6.92 Å². The fraction of sp³-hybridized carbons (Fsp3) is 0.640. The van der Waals surface area contributed by atoms with Gasteiger partial charge in [-0.3, -0.25) is 4.79 Å². The first-order valence-corrected chi connectivity index (χ1v) is 11.9. The van der Waals surface area contributed by atoms with Crippen LogP contribution in [-0.2, 0) is 20.7 Å². The van der Waals surface area contributed by atoms with Crippen LogP contribution in [0.3, 0.4) is 0 Å². The smallest absolute Gasteiger partial charge is 0.410 e. The summed E-state index contributed by atoms with van der Waals surface area (Å²) in [6.45, 7) is 12.4. The highest BCUT2D eigenvalue weighted by Gasteiger charge is 2.32. The molecule has 2 aromatic rings. The quantitative estimate of drug-likeness (QED) is 0.706. The van der Waals surface area contributed by atoms with Crippen molar-refractivity contribution < 1.29 is 19.1 Å². The lowest BCUT2D eigenvalue weighted by atomic mass is 9.91. The molecular formula is C25H36N4O4. The lowest BCUT2D eigenvalue weighted by molar-refractivity contribution is -0.129. The molecule has 0 aromatic carbocycles. The summed E-state index contributed by atoms with van der Waals surface area (Å²) in [5.74, 6) is 0.443. The van der Waals surface area contributed by atoms with E-state index in [1.165, 1.54) is 5.56 Å². The molecule has 33 heavy (non-hydrogen) atoms. The lowest BCUT2D eigenvalue weighted by Gasteiger charge is -2.35. The average molecular weight is 457 g/mol. The first-order chi connectivity index (χ1) is 15.6. The molecule has 1 atom stereocenters. The molecule has 2 saturated heterocycles. The van der Waals surface area contributed by atoms with Crippen molar-refractivity contribution in [3.05, 3.63) is 35.3 Å². The van der Waals surface area contributed by atoms with Crippen LogP contribution in [0.25, 0.3) is 5.65 Å². The summed E-state index contributed by atoms with van der Waals surface area (Å²) in [7, 11) is 0. The Hall–Kier alpha value is -2.61. The Labute approximate surface area is 195 Å². The zero-order chi connectivity index (χ0) is 23.8. The van der Waals surface area contributed by atoms with E-state index in [9.17, 15) is 9.59 Å². The molecule has 180 valence electrons. The number of pyridine rings is 1. The molecule has 2 aliphatic rings. The first kappa shape index (κ1) is 23.5. The highest BCUT2D eigenvalue weighted by molar-refractivity contribution is 5.73. The van der Waals surface area contributed by atoms with E-state index in [0.29, 0.717) is 32.0 Å². The largest absolute Gasteiger partial charge is 0.444 e. The van der Waals surface area contributed by atoms with E-state index < -0.39 is 5.60 Å². The van der Waals surface area contributed by atoms with Gasteiger partial charge in [0.25, 0.3) is 0 Å². The minimum Gasteiger partial charge on any atom is -0.444 e. The Morgan fingerprint density at radius 2 is 1.91 bits per heavy atom. The number of hydrogen-bond donors (Lipinski definition) is 0. The number of nitrogens with zero attached hydrogens (tertiary/aromatic N) is 4. The number of imidazole rings is 1. The number of hydrogen-bond acceptors (Lipinski definition) is 5. The molecule has 4 heterocycles. The second-order valence-corrected chi connectivity index (χ2v) is 10.3. The number of piperidine rings is 1. The van der Waals surface area contributed by atoms with Crippen molar-refractivity contribution in [3.63, 3.8) is 0 Å². The van der Waals surface area contributed by atoms with Gasteiger partial charge in [-0.15, -0.1) is 0 Å². The number of fused-ring (bicyclic) bond motifs is 1. The number of carbonyl (C=O) groups excluding carboxylic acids is 2. The molecule has 0 bridgehead atoms. The van der Waals surface area contributed by atoms with Crippen molar-refractivity contribution >= 4 is 17.6 Å². The predicted molar refractivity (Wildman–Crippen MR) is 125 cm³/mol. The molecule has 2 amide bonds. The van der Waals surface area contributed by atoms with E-state index in [-0.39, 0.29) is 18.1 Å². The molecule has 2 fully saturated rings. The van der Waals surface area contributed by atoms with Crippen molar-refractivity contribution in [2.75, 3.05) is 32.8 Å². The van der Waals surface area contributed by atoms with E-state index in [0.717, 1.165) is 43.0 Å². The van der Waals surface area contributed by atoms with Crippen molar-refractivity contribution in [2.24, 2.45) is 0 Å². The number of morpholine rings is 1. The van der Waals surface area contributed by atoms with Crippen LogP contribution in [0.1, 0.15) is 63.4 Å². The third-order valence-corrected chi connectivity index (χ3v) is 6.45. The third-order valence-electron chi connectivity index (χ3n) is 6.45. The van der Waals surface area contributed by atoms with Crippen molar-refractivity contribution in [1.29, 1.82) is 0 Å². The SMILES string of the molecule is CC(=O)N1CCC(c2nc3cc(C)ccn3c2C[C@H]2CN(C(=O)OC(C)(C)C)CCO2)CC1. The number of aryl methyl sites for hydroxylation is 1.